The number of hydrogen-bond acceptors (Lipinski definition) is 4. The smallest absolute Gasteiger partial charge is 0.242 e. The molecule has 0 spiro atoms. The van der Waals surface area contributed by atoms with Crippen molar-refractivity contribution in [2.75, 3.05) is 5.32 Å². The van der Waals surface area contributed by atoms with Crippen LogP contribution in [0.4, 0.5) is 5.69 Å². The van der Waals surface area contributed by atoms with Gasteiger partial charge in [0.25, 0.3) is 0 Å². The number of rotatable bonds is 6. The average Bonchev–Trinajstić information content (AvgIpc) is 3.46. The van der Waals surface area contributed by atoms with Crippen molar-refractivity contribution in [3.63, 3.8) is 0 Å². The summed E-state index contributed by atoms with van der Waals surface area (Å²) in [7, 11) is 0. The van der Waals surface area contributed by atoms with Crippen LogP contribution in [0.3, 0.4) is 0 Å². The lowest BCUT2D eigenvalue weighted by Gasteiger charge is -2.17. The van der Waals surface area contributed by atoms with Crippen LogP contribution in [-0.4, -0.2) is 20.7 Å². The second-order valence-corrected chi connectivity index (χ2v) is 8.47. The van der Waals surface area contributed by atoms with E-state index in [0.29, 0.717) is 16.8 Å². The maximum Gasteiger partial charge on any atom is 0.242 e. The SMILES string of the molecule is Cc1ccc(NC(=O)C(Sc2nnc(C)n2C2CC2)c2ccccc2)cc1Cl. The van der Waals surface area contributed by atoms with Crippen molar-refractivity contribution in [2.45, 2.75) is 43.1 Å². The van der Waals surface area contributed by atoms with Gasteiger partial charge in [-0.25, -0.2) is 0 Å². The highest BCUT2D eigenvalue weighted by Gasteiger charge is 2.31. The minimum atomic E-state index is -0.442. The maximum absolute atomic E-state index is 13.2. The van der Waals surface area contributed by atoms with Gasteiger partial charge in [-0.3, -0.25) is 4.79 Å². The summed E-state index contributed by atoms with van der Waals surface area (Å²) in [5.41, 5.74) is 2.58. The molecule has 0 radical (unpaired) electrons. The van der Waals surface area contributed by atoms with Crippen LogP contribution < -0.4 is 5.32 Å². The molecule has 1 heterocycles. The molecule has 5 nitrogen and oxygen atoms in total. The number of carbonyl (C=O) groups excluding carboxylic acids is 1. The van der Waals surface area contributed by atoms with Crippen molar-refractivity contribution in [1.29, 1.82) is 0 Å². The first-order valence-corrected chi connectivity index (χ1v) is 10.5. The van der Waals surface area contributed by atoms with Gasteiger partial charge in [0.1, 0.15) is 11.1 Å². The summed E-state index contributed by atoms with van der Waals surface area (Å²) in [6.45, 7) is 3.89. The summed E-state index contributed by atoms with van der Waals surface area (Å²) in [5, 5.41) is 12.5. The Hall–Kier alpha value is -2.31. The molecule has 3 aromatic rings. The largest absolute Gasteiger partial charge is 0.325 e. The van der Waals surface area contributed by atoms with E-state index in [9.17, 15) is 4.79 Å². The average molecular weight is 413 g/mol. The molecule has 1 aliphatic carbocycles. The van der Waals surface area contributed by atoms with Crippen LogP contribution >= 0.6 is 23.4 Å². The van der Waals surface area contributed by atoms with Crippen LogP contribution in [0.1, 0.15) is 41.1 Å². The van der Waals surface area contributed by atoms with Crippen LogP contribution in [0.15, 0.2) is 53.7 Å². The Morgan fingerprint density at radius 1 is 1.18 bits per heavy atom. The van der Waals surface area contributed by atoms with E-state index in [2.05, 4.69) is 20.1 Å². The van der Waals surface area contributed by atoms with E-state index >= 15 is 0 Å². The summed E-state index contributed by atoms with van der Waals surface area (Å²) >= 11 is 7.65. The van der Waals surface area contributed by atoms with E-state index in [-0.39, 0.29) is 5.91 Å². The lowest BCUT2D eigenvalue weighted by Crippen LogP contribution is -2.19. The van der Waals surface area contributed by atoms with E-state index in [4.69, 9.17) is 11.6 Å². The van der Waals surface area contributed by atoms with Crippen LogP contribution in [0.2, 0.25) is 5.02 Å². The Bertz CT molecular complexity index is 1000. The molecule has 1 N–H and O–H groups in total. The number of aromatic nitrogens is 3. The van der Waals surface area contributed by atoms with Crippen molar-refractivity contribution in [2.24, 2.45) is 0 Å². The number of carbonyl (C=O) groups is 1. The van der Waals surface area contributed by atoms with Gasteiger partial charge in [-0.2, -0.15) is 0 Å². The summed E-state index contributed by atoms with van der Waals surface area (Å²) in [5.74, 6) is 0.779. The third-order valence-corrected chi connectivity index (χ3v) is 6.37. The van der Waals surface area contributed by atoms with E-state index in [1.807, 2.05) is 56.3 Å². The number of nitrogens with one attached hydrogen (secondary N) is 1. The van der Waals surface area contributed by atoms with Gasteiger partial charge in [0, 0.05) is 16.8 Å². The lowest BCUT2D eigenvalue weighted by molar-refractivity contribution is -0.115. The van der Waals surface area contributed by atoms with Gasteiger partial charge < -0.3 is 9.88 Å². The van der Waals surface area contributed by atoms with Crippen molar-refractivity contribution < 1.29 is 4.79 Å². The molecule has 1 aliphatic rings. The van der Waals surface area contributed by atoms with Crippen molar-refractivity contribution in [3.05, 3.63) is 70.5 Å². The number of thioether (sulfide) groups is 1. The first-order valence-electron chi connectivity index (χ1n) is 9.23. The molecule has 2 aromatic carbocycles. The predicted octanol–water partition coefficient (Wildman–Crippen LogP) is 5.36. The van der Waals surface area contributed by atoms with Crippen molar-refractivity contribution in [3.8, 4) is 0 Å². The number of halogens is 1. The summed E-state index contributed by atoms with van der Waals surface area (Å²) in [6, 6.07) is 15.7. The molecular formula is C21H21ClN4OS. The molecule has 1 unspecified atom stereocenters. The fraction of sp³-hybridized carbons (Fsp3) is 0.286. The normalized spacial score (nSPS) is 14.7. The van der Waals surface area contributed by atoms with Crippen LogP contribution in [0.5, 0.6) is 0 Å². The molecule has 0 aliphatic heterocycles. The fourth-order valence-electron chi connectivity index (χ4n) is 3.07. The molecular weight excluding hydrogens is 392 g/mol. The molecule has 7 heteroatoms. The maximum atomic E-state index is 13.2. The van der Waals surface area contributed by atoms with Crippen LogP contribution in [0, 0.1) is 13.8 Å². The number of benzene rings is 2. The van der Waals surface area contributed by atoms with Gasteiger partial charge in [0.05, 0.1) is 0 Å². The molecule has 4 rings (SSSR count). The zero-order chi connectivity index (χ0) is 19.7. The topological polar surface area (TPSA) is 59.8 Å². The lowest BCUT2D eigenvalue weighted by atomic mass is 10.1. The molecule has 1 atom stereocenters. The zero-order valence-corrected chi connectivity index (χ0v) is 17.3. The Morgan fingerprint density at radius 2 is 1.93 bits per heavy atom. The molecule has 1 fully saturated rings. The number of hydrogen-bond donors (Lipinski definition) is 1. The van der Waals surface area contributed by atoms with Gasteiger partial charge in [-0.15, -0.1) is 10.2 Å². The second-order valence-electron chi connectivity index (χ2n) is 6.99. The first kappa shape index (κ1) is 19.0. The van der Waals surface area contributed by atoms with Crippen LogP contribution in [0.25, 0.3) is 0 Å². The molecule has 1 amide bonds. The Kier molecular flexibility index (Phi) is 5.42. The third-order valence-electron chi connectivity index (χ3n) is 4.75. The number of nitrogens with zero attached hydrogens (tertiary/aromatic N) is 3. The third kappa shape index (κ3) is 4.08. The molecule has 144 valence electrons. The summed E-state index contributed by atoms with van der Waals surface area (Å²) in [6.07, 6.45) is 2.27. The molecule has 28 heavy (non-hydrogen) atoms. The Balaban J connectivity index is 1.62. The predicted molar refractivity (Wildman–Crippen MR) is 113 cm³/mol. The van der Waals surface area contributed by atoms with Gasteiger partial charge in [0.2, 0.25) is 5.91 Å². The Morgan fingerprint density at radius 3 is 2.61 bits per heavy atom. The fourth-order valence-corrected chi connectivity index (χ4v) is 4.40. The quantitative estimate of drug-likeness (QED) is 0.554. The Labute approximate surface area is 173 Å². The minimum absolute atomic E-state index is 0.112. The van der Waals surface area contributed by atoms with E-state index < -0.39 is 5.25 Å². The molecule has 0 saturated heterocycles. The monoisotopic (exact) mass is 412 g/mol. The standard InChI is InChI=1S/C21H21ClN4OS/c1-13-8-9-16(12-18(13)22)23-20(27)19(15-6-4-3-5-7-15)28-21-25-24-14(2)26(21)17-10-11-17/h3-9,12,17,19H,10-11H2,1-2H3,(H,23,27). The molecule has 1 aromatic heterocycles. The van der Waals surface area contributed by atoms with E-state index in [0.717, 1.165) is 34.9 Å². The van der Waals surface area contributed by atoms with Gasteiger partial charge in [-0.05, 0) is 49.9 Å². The van der Waals surface area contributed by atoms with Gasteiger partial charge in [-0.1, -0.05) is 59.8 Å². The van der Waals surface area contributed by atoms with E-state index in [1.54, 1.807) is 6.07 Å². The van der Waals surface area contributed by atoms with E-state index in [1.165, 1.54) is 11.8 Å². The first-order chi connectivity index (χ1) is 13.5. The number of aryl methyl sites for hydroxylation is 2. The zero-order valence-electron chi connectivity index (χ0n) is 15.7. The van der Waals surface area contributed by atoms with Crippen molar-refractivity contribution >= 4 is 35.0 Å². The molecule has 1 saturated carbocycles. The highest BCUT2D eigenvalue weighted by Crippen LogP contribution is 2.42. The molecule has 0 bridgehead atoms. The number of anilines is 1. The van der Waals surface area contributed by atoms with Gasteiger partial charge >= 0.3 is 0 Å². The summed E-state index contributed by atoms with van der Waals surface area (Å²) < 4.78 is 2.15. The minimum Gasteiger partial charge on any atom is -0.325 e. The second kappa shape index (κ2) is 7.97. The highest BCUT2D eigenvalue weighted by atomic mass is 35.5. The number of amides is 1. The highest BCUT2D eigenvalue weighted by molar-refractivity contribution is 8.00. The van der Waals surface area contributed by atoms with Crippen molar-refractivity contribution in [1.82, 2.24) is 14.8 Å². The van der Waals surface area contributed by atoms with Crippen LogP contribution in [-0.2, 0) is 4.79 Å². The van der Waals surface area contributed by atoms with Gasteiger partial charge in [0.15, 0.2) is 5.16 Å². The summed E-state index contributed by atoms with van der Waals surface area (Å²) in [4.78, 5) is 13.2.